The summed E-state index contributed by atoms with van der Waals surface area (Å²) in [5, 5.41) is 0. The Labute approximate surface area is 123 Å². The highest BCUT2D eigenvalue weighted by Crippen LogP contribution is 2.27. The van der Waals surface area contributed by atoms with Crippen molar-refractivity contribution in [2.45, 2.75) is 44.8 Å². The quantitative estimate of drug-likeness (QED) is 0.778. The van der Waals surface area contributed by atoms with E-state index in [9.17, 15) is 0 Å². The predicted molar refractivity (Wildman–Crippen MR) is 83.7 cm³/mol. The largest absolute Gasteiger partial charge is 0.378 e. The maximum atomic E-state index is 5.88. The van der Waals surface area contributed by atoms with Gasteiger partial charge in [0.25, 0.3) is 0 Å². The lowest BCUT2D eigenvalue weighted by Crippen LogP contribution is -2.39. The highest BCUT2D eigenvalue weighted by atomic mass is 16.5. The average Bonchev–Trinajstić information content (AvgIpc) is 2.51. The molecule has 2 N–H and O–H groups in total. The Bertz CT molecular complexity index is 361. The first kappa shape index (κ1) is 15.5. The third-order valence-corrected chi connectivity index (χ3v) is 4.19. The molecule has 0 aliphatic carbocycles. The second-order valence-electron chi connectivity index (χ2n) is 5.58. The van der Waals surface area contributed by atoms with E-state index < -0.39 is 0 Å². The third kappa shape index (κ3) is 4.30. The molecular formula is C17H28N2O. The molecule has 1 atom stereocenters. The summed E-state index contributed by atoms with van der Waals surface area (Å²) in [6.07, 6.45) is 4.87. The van der Waals surface area contributed by atoms with Crippen LogP contribution in [-0.4, -0.2) is 37.2 Å². The van der Waals surface area contributed by atoms with E-state index >= 15 is 0 Å². The molecule has 1 unspecified atom stereocenters. The lowest BCUT2D eigenvalue weighted by atomic mass is 9.99. The van der Waals surface area contributed by atoms with Crippen LogP contribution in [0.2, 0.25) is 0 Å². The molecule has 20 heavy (non-hydrogen) atoms. The van der Waals surface area contributed by atoms with Gasteiger partial charge in [-0.2, -0.15) is 0 Å². The van der Waals surface area contributed by atoms with Crippen molar-refractivity contribution in [1.82, 2.24) is 4.90 Å². The van der Waals surface area contributed by atoms with Crippen LogP contribution in [0.4, 0.5) is 0 Å². The minimum atomic E-state index is 0.436. The molecule has 1 aromatic carbocycles. The minimum Gasteiger partial charge on any atom is -0.378 e. The lowest BCUT2D eigenvalue weighted by Gasteiger charge is -2.37. The van der Waals surface area contributed by atoms with Gasteiger partial charge in [0.05, 0.1) is 6.10 Å². The Hall–Kier alpha value is -0.900. The summed E-state index contributed by atoms with van der Waals surface area (Å²) in [6.45, 7) is 6.10. The topological polar surface area (TPSA) is 38.5 Å². The van der Waals surface area contributed by atoms with Gasteiger partial charge in [0, 0.05) is 25.7 Å². The molecule has 1 saturated heterocycles. The summed E-state index contributed by atoms with van der Waals surface area (Å²) in [5.74, 6) is 0. The van der Waals surface area contributed by atoms with E-state index in [1.807, 2.05) is 0 Å². The standard InChI is InChI=1S/C17H28N2O/c1-2-17(15-7-4-3-5-8-15)19-12-9-16(10-13-19)20-14-6-11-18/h3-5,7-8,16-17H,2,6,9-14,18H2,1H3. The normalized spacial score (nSPS) is 19.1. The van der Waals surface area contributed by atoms with Crippen LogP contribution in [0, 0.1) is 0 Å². The molecule has 0 spiro atoms. The summed E-state index contributed by atoms with van der Waals surface area (Å²) in [4.78, 5) is 2.61. The number of benzene rings is 1. The van der Waals surface area contributed by atoms with Gasteiger partial charge in [-0.1, -0.05) is 37.3 Å². The maximum absolute atomic E-state index is 5.88. The number of hydrogen-bond acceptors (Lipinski definition) is 3. The van der Waals surface area contributed by atoms with E-state index in [1.54, 1.807) is 0 Å². The highest BCUT2D eigenvalue weighted by Gasteiger charge is 2.25. The fourth-order valence-corrected chi connectivity index (χ4v) is 3.07. The number of likely N-dealkylation sites (tertiary alicyclic amines) is 1. The number of nitrogens with zero attached hydrogens (tertiary/aromatic N) is 1. The number of rotatable bonds is 7. The zero-order valence-corrected chi connectivity index (χ0v) is 12.6. The molecule has 1 aromatic rings. The molecule has 1 heterocycles. The van der Waals surface area contributed by atoms with Crippen molar-refractivity contribution in [3.05, 3.63) is 35.9 Å². The molecule has 0 amide bonds. The first-order valence-corrected chi connectivity index (χ1v) is 7.95. The van der Waals surface area contributed by atoms with E-state index in [0.717, 1.165) is 45.5 Å². The molecule has 0 aromatic heterocycles. The predicted octanol–water partition coefficient (Wildman–Crippen LogP) is 2.97. The number of piperidine rings is 1. The minimum absolute atomic E-state index is 0.436. The van der Waals surface area contributed by atoms with Gasteiger partial charge in [0.15, 0.2) is 0 Å². The van der Waals surface area contributed by atoms with E-state index in [0.29, 0.717) is 12.1 Å². The summed E-state index contributed by atoms with van der Waals surface area (Å²) in [7, 11) is 0. The number of nitrogens with two attached hydrogens (primary N) is 1. The molecule has 0 saturated carbocycles. The molecule has 1 fully saturated rings. The van der Waals surface area contributed by atoms with E-state index in [-0.39, 0.29) is 0 Å². The van der Waals surface area contributed by atoms with Gasteiger partial charge in [-0.25, -0.2) is 0 Å². The van der Waals surface area contributed by atoms with E-state index in [2.05, 4.69) is 42.2 Å². The second kappa shape index (κ2) is 8.40. The van der Waals surface area contributed by atoms with Gasteiger partial charge < -0.3 is 10.5 Å². The van der Waals surface area contributed by atoms with Crippen molar-refractivity contribution in [2.24, 2.45) is 5.73 Å². The van der Waals surface area contributed by atoms with Crippen molar-refractivity contribution >= 4 is 0 Å². The van der Waals surface area contributed by atoms with E-state index in [4.69, 9.17) is 10.5 Å². The molecule has 0 radical (unpaired) electrons. The zero-order chi connectivity index (χ0) is 14.2. The van der Waals surface area contributed by atoms with E-state index in [1.165, 1.54) is 12.0 Å². The Balaban J connectivity index is 1.83. The van der Waals surface area contributed by atoms with Crippen molar-refractivity contribution in [2.75, 3.05) is 26.2 Å². The van der Waals surface area contributed by atoms with Crippen molar-refractivity contribution in [1.29, 1.82) is 0 Å². The van der Waals surface area contributed by atoms with Crippen LogP contribution in [0.25, 0.3) is 0 Å². The zero-order valence-electron chi connectivity index (χ0n) is 12.6. The van der Waals surface area contributed by atoms with Gasteiger partial charge in [0.2, 0.25) is 0 Å². The van der Waals surface area contributed by atoms with Crippen molar-refractivity contribution in [3.63, 3.8) is 0 Å². The van der Waals surface area contributed by atoms with Crippen molar-refractivity contribution in [3.8, 4) is 0 Å². The Morgan fingerprint density at radius 2 is 1.95 bits per heavy atom. The van der Waals surface area contributed by atoms with Crippen LogP contribution >= 0.6 is 0 Å². The summed E-state index contributed by atoms with van der Waals surface area (Å²) in [5.41, 5.74) is 6.94. The van der Waals surface area contributed by atoms with Crippen LogP contribution in [0.5, 0.6) is 0 Å². The van der Waals surface area contributed by atoms with Crippen LogP contribution in [0.3, 0.4) is 0 Å². The fraction of sp³-hybridized carbons (Fsp3) is 0.647. The summed E-state index contributed by atoms with van der Waals surface area (Å²) >= 11 is 0. The van der Waals surface area contributed by atoms with Crippen LogP contribution in [0.15, 0.2) is 30.3 Å². The van der Waals surface area contributed by atoms with Crippen LogP contribution < -0.4 is 5.73 Å². The van der Waals surface area contributed by atoms with Gasteiger partial charge in [-0.3, -0.25) is 4.90 Å². The van der Waals surface area contributed by atoms with Crippen molar-refractivity contribution < 1.29 is 4.74 Å². The molecular weight excluding hydrogens is 248 g/mol. The Morgan fingerprint density at radius 1 is 1.25 bits per heavy atom. The SMILES string of the molecule is CCC(c1ccccc1)N1CCC(OCCCN)CC1. The maximum Gasteiger partial charge on any atom is 0.0599 e. The van der Waals surface area contributed by atoms with Crippen LogP contribution in [-0.2, 0) is 4.74 Å². The Kier molecular flexibility index (Phi) is 6.51. The van der Waals surface area contributed by atoms with Gasteiger partial charge >= 0.3 is 0 Å². The number of ether oxygens (including phenoxy) is 1. The second-order valence-corrected chi connectivity index (χ2v) is 5.58. The van der Waals surface area contributed by atoms with Gasteiger partial charge in [0.1, 0.15) is 0 Å². The molecule has 3 heteroatoms. The molecule has 3 nitrogen and oxygen atoms in total. The van der Waals surface area contributed by atoms with Gasteiger partial charge in [-0.05, 0) is 37.8 Å². The molecule has 112 valence electrons. The molecule has 1 aliphatic heterocycles. The highest BCUT2D eigenvalue weighted by molar-refractivity contribution is 5.19. The smallest absolute Gasteiger partial charge is 0.0599 e. The third-order valence-electron chi connectivity index (χ3n) is 4.19. The molecule has 0 bridgehead atoms. The molecule has 2 rings (SSSR count). The number of hydrogen-bond donors (Lipinski definition) is 1. The summed E-state index contributed by atoms with van der Waals surface area (Å²) < 4.78 is 5.88. The van der Waals surface area contributed by atoms with Crippen LogP contribution in [0.1, 0.15) is 44.2 Å². The summed E-state index contributed by atoms with van der Waals surface area (Å²) in [6, 6.07) is 11.4. The van der Waals surface area contributed by atoms with Gasteiger partial charge in [-0.15, -0.1) is 0 Å². The monoisotopic (exact) mass is 276 g/mol. The first-order valence-electron chi connectivity index (χ1n) is 7.95. The Morgan fingerprint density at radius 3 is 2.55 bits per heavy atom. The lowest BCUT2D eigenvalue weighted by molar-refractivity contribution is -0.00295. The first-order chi connectivity index (χ1) is 9.85. The average molecular weight is 276 g/mol. The molecule has 1 aliphatic rings. The fourth-order valence-electron chi connectivity index (χ4n) is 3.07.